The van der Waals surface area contributed by atoms with Gasteiger partial charge in [0.1, 0.15) is 0 Å². The number of anilines is 1. The molecule has 0 spiro atoms. The number of rotatable bonds is 1. The molecule has 3 aromatic rings. The first-order chi connectivity index (χ1) is 8.56. The number of aryl methyl sites for hydroxylation is 3. The summed E-state index contributed by atoms with van der Waals surface area (Å²) in [7, 11) is 2.02. The Labute approximate surface area is 109 Å². The summed E-state index contributed by atoms with van der Waals surface area (Å²) in [6.45, 7) is 4.04. The van der Waals surface area contributed by atoms with Gasteiger partial charge in [0.25, 0.3) is 0 Å². The molecule has 0 fully saturated rings. The lowest BCUT2D eigenvalue weighted by Gasteiger charge is -2.00. The number of fused-ring (bicyclic) bond motifs is 1. The lowest BCUT2D eigenvalue weighted by molar-refractivity contribution is 0.960. The van der Waals surface area contributed by atoms with Gasteiger partial charge in [-0.25, -0.2) is 9.97 Å². The molecule has 5 heteroatoms. The zero-order chi connectivity index (χ0) is 12.9. The smallest absolute Gasteiger partial charge is 0.180 e. The molecule has 18 heavy (non-hydrogen) atoms. The molecule has 0 amide bonds. The van der Waals surface area contributed by atoms with E-state index in [2.05, 4.69) is 34.7 Å². The molecule has 0 aliphatic heterocycles. The first kappa shape index (κ1) is 11.2. The number of hydrogen-bond acceptors (Lipinski definition) is 4. The Morgan fingerprint density at radius 2 is 2.00 bits per heavy atom. The molecular weight excluding hydrogens is 244 g/mol. The predicted molar refractivity (Wildman–Crippen MR) is 75.7 cm³/mol. The second-order valence-corrected chi connectivity index (χ2v) is 5.48. The highest BCUT2D eigenvalue weighted by Crippen LogP contribution is 2.32. The summed E-state index contributed by atoms with van der Waals surface area (Å²) < 4.78 is 2.09. The van der Waals surface area contributed by atoms with Crippen LogP contribution in [0.5, 0.6) is 0 Å². The maximum Gasteiger partial charge on any atom is 0.180 e. The van der Waals surface area contributed by atoms with Crippen LogP contribution in [0.15, 0.2) is 18.2 Å². The van der Waals surface area contributed by atoms with Gasteiger partial charge in [0.2, 0.25) is 0 Å². The van der Waals surface area contributed by atoms with Gasteiger partial charge < -0.3 is 10.3 Å². The highest BCUT2D eigenvalue weighted by atomic mass is 32.1. The Bertz CT molecular complexity index is 739. The molecule has 2 heterocycles. The number of hydrogen-bond donors (Lipinski definition) is 1. The van der Waals surface area contributed by atoms with Crippen molar-refractivity contribution in [2.75, 3.05) is 5.73 Å². The summed E-state index contributed by atoms with van der Waals surface area (Å²) in [6.07, 6.45) is 0. The normalized spacial score (nSPS) is 11.3. The Morgan fingerprint density at radius 1 is 1.22 bits per heavy atom. The van der Waals surface area contributed by atoms with Crippen molar-refractivity contribution in [3.63, 3.8) is 0 Å². The van der Waals surface area contributed by atoms with Crippen molar-refractivity contribution in [2.45, 2.75) is 13.8 Å². The van der Waals surface area contributed by atoms with Crippen LogP contribution in [-0.2, 0) is 7.05 Å². The van der Waals surface area contributed by atoms with Crippen LogP contribution in [0, 0.1) is 13.8 Å². The average Bonchev–Trinajstić information content (AvgIpc) is 2.79. The van der Waals surface area contributed by atoms with Gasteiger partial charge in [0.05, 0.1) is 21.6 Å². The fraction of sp³-hybridized carbons (Fsp3) is 0.231. The highest BCUT2D eigenvalue weighted by Gasteiger charge is 2.15. The number of nitrogen functional groups attached to an aromatic ring is 1. The van der Waals surface area contributed by atoms with Gasteiger partial charge in [-0.05, 0) is 31.5 Å². The maximum absolute atomic E-state index is 5.76. The SMILES string of the molecule is Cc1ccc2c(c1)nc(-c1sc(N)nc1C)n2C. The van der Waals surface area contributed by atoms with E-state index in [1.54, 1.807) is 0 Å². The van der Waals surface area contributed by atoms with Gasteiger partial charge >= 0.3 is 0 Å². The number of nitrogens with two attached hydrogens (primary N) is 1. The van der Waals surface area contributed by atoms with Crippen LogP contribution in [-0.4, -0.2) is 14.5 Å². The quantitative estimate of drug-likeness (QED) is 0.730. The Kier molecular flexibility index (Phi) is 2.38. The van der Waals surface area contributed by atoms with Crippen LogP contribution in [0.4, 0.5) is 5.13 Å². The molecule has 0 saturated carbocycles. The van der Waals surface area contributed by atoms with E-state index in [1.165, 1.54) is 16.9 Å². The molecule has 0 saturated heterocycles. The molecule has 0 radical (unpaired) electrons. The third-order valence-electron chi connectivity index (χ3n) is 3.05. The topological polar surface area (TPSA) is 56.7 Å². The molecule has 2 aromatic heterocycles. The summed E-state index contributed by atoms with van der Waals surface area (Å²) in [5.41, 5.74) is 10.0. The van der Waals surface area contributed by atoms with Gasteiger partial charge in [-0.3, -0.25) is 0 Å². The Hall–Kier alpha value is -1.88. The molecule has 0 atom stereocenters. The lowest BCUT2D eigenvalue weighted by atomic mass is 10.2. The van der Waals surface area contributed by atoms with Crippen LogP contribution in [0.2, 0.25) is 0 Å². The molecule has 0 unspecified atom stereocenters. The van der Waals surface area contributed by atoms with Crippen LogP contribution in [0.1, 0.15) is 11.3 Å². The number of imidazole rings is 1. The fourth-order valence-electron chi connectivity index (χ4n) is 2.14. The Balaban J connectivity index is 2.30. The monoisotopic (exact) mass is 258 g/mol. The van der Waals surface area contributed by atoms with E-state index in [0.717, 1.165) is 27.4 Å². The van der Waals surface area contributed by atoms with Crippen LogP contribution >= 0.6 is 11.3 Å². The zero-order valence-corrected chi connectivity index (χ0v) is 11.4. The minimum Gasteiger partial charge on any atom is -0.375 e. The second-order valence-electron chi connectivity index (χ2n) is 4.45. The minimum absolute atomic E-state index is 0.589. The van der Waals surface area contributed by atoms with E-state index in [4.69, 9.17) is 10.7 Å². The molecule has 0 aliphatic carbocycles. The molecule has 2 N–H and O–H groups in total. The van der Waals surface area contributed by atoms with Crippen LogP contribution < -0.4 is 5.73 Å². The van der Waals surface area contributed by atoms with E-state index in [0.29, 0.717) is 5.13 Å². The summed E-state index contributed by atoms with van der Waals surface area (Å²) in [4.78, 5) is 10.00. The van der Waals surface area contributed by atoms with Gasteiger partial charge in [0, 0.05) is 7.05 Å². The lowest BCUT2D eigenvalue weighted by Crippen LogP contribution is -1.92. The molecule has 4 nitrogen and oxygen atoms in total. The molecule has 3 rings (SSSR count). The standard InChI is InChI=1S/C13H14N4S/c1-7-4-5-10-9(6-7)16-12(17(10)3)11-8(2)15-13(14)18-11/h4-6H,1-3H3,(H2,14,15). The summed E-state index contributed by atoms with van der Waals surface area (Å²) in [5, 5.41) is 0.589. The van der Waals surface area contributed by atoms with Gasteiger partial charge in [-0.1, -0.05) is 17.4 Å². The predicted octanol–water partition coefficient (Wildman–Crippen LogP) is 2.90. The van der Waals surface area contributed by atoms with Gasteiger partial charge in [-0.2, -0.15) is 0 Å². The van der Waals surface area contributed by atoms with E-state index in [9.17, 15) is 0 Å². The fourth-order valence-corrected chi connectivity index (χ4v) is 3.00. The van der Waals surface area contributed by atoms with Crippen molar-refractivity contribution < 1.29 is 0 Å². The number of nitrogens with zero attached hydrogens (tertiary/aromatic N) is 3. The number of benzene rings is 1. The third kappa shape index (κ3) is 1.59. The van der Waals surface area contributed by atoms with Crippen LogP contribution in [0.25, 0.3) is 21.7 Å². The summed E-state index contributed by atoms with van der Waals surface area (Å²) >= 11 is 1.48. The molecular formula is C13H14N4S. The van der Waals surface area contributed by atoms with E-state index in [1.807, 2.05) is 14.0 Å². The summed E-state index contributed by atoms with van der Waals surface area (Å²) in [6, 6.07) is 6.29. The first-order valence-electron chi connectivity index (χ1n) is 5.72. The van der Waals surface area contributed by atoms with Crippen molar-refractivity contribution in [2.24, 2.45) is 7.05 Å². The van der Waals surface area contributed by atoms with Crippen LogP contribution in [0.3, 0.4) is 0 Å². The number of thiazole rings is 1. The minimum atomic E-state index is 0.589. The molecule has 1 aromatic carbocycles. The van der Waals surface area contributed by atoms with Gasteiger partial charge in [-0.15, -0.1) is 0 Å². The molecule has 92 valence electrons. The van der Waals surface area contributed by atoms with Crippen molar-refractivity contribution in [3.05, 3.63) is 29.5 Å². The third-order valence-corrected chi connectivity index (χ3v) is 4.04. The van der Waals surface area contributed by atoms with Crippen molar-refractivity contribution in [1.29, 1.82) is 0 Å². The second kappa shape index (κ2) is 3.81. The summed E-state index contributed by atoms with van der Waals surface area (Å²) in [5.74, 6) is 0.933. The first-order valence-corrected chi connectivity index (χ1v) is 6.54. The van der Waals surface area contributed by atoms with E-state index in [-0.39, 0.29) is 0 Å². The largest absolute Gasteiger partial charge is 0.375 e. The van der Waals surface area contributed by atoms with Crippen molar-refractivity contribution in [3.8, 4) is 10.7 Å². The van der Waals surface area contributed by atoms with Crippen molar-refractivity contribution >= 4 is 27.5 Å². The Morgan fingerprint density at radius 3 is 2.67 bits per heavy atom. The van der Waals surface area contributed by atoms with E-state index >= 15 is 0 Å². The maximum atomic E-state index is 5.76. The average molecular weight is 258 g/mol. The number of aromatic nitrogens is 3. The molecule has 0 aliphatic rings. The van der Waals surface area contributed by atoms with E-state index < -0.39 is 0 Å². The molecule has 0 bridgehead atoms. The zero-order valence-electron chi connectivity index (χ0n) is 10.6. The highest BCUT2D eigenvalue weighted by molar-refractivity contribution is 7.18. The van der Waals surface area contributed by atoms with Gasteiger partial charge in [0.15, 0.2) is 11.0 Å². The van der Waals surface area contributed by atoms with Crippen molar-refractivity contribution in [1.82, 2.24) is 14.5 Å².